The number of aromatic nitrogens is 3. The summed E-state index contributed by atoms with van der Waals surface area (Å²) < 4.78 is 7.52. The Labute approximate surface area is 154 Å². The molecule has 0 radical (unpaired) electrons. The Morgan fingerprint density at radius 3 is 2.92 bits per heavy atom. The molecular formula is C19H18N4O2S. The van der Waals surface area contributed by atoms with Crippen molar-refractivity contribution < 1.29 is 9.53 Å². The fourth-order valence-electron chi connectivity index (χ4n) is 3.04. The van der Waals surface area contributed by atoms with Crippen LogP contribution in [0.3, 0.4) is 0 Å². The maximum absolute atomic E-state index is 12.2. The summed E-state index contributed by atoms with van der Waals surface area (Å²) in [5.74, 6) is 1.17. The van der Waals surface area contributed by atoms with Crippen LogP contribution in [-0.4, -0.2) is 27.8 Å². The number of hydrogen-bond acceptors (Lipinski definition) is 4. The summed E-state index contributed by atoms with van der Waals surface area (Å²) in [7, 11) is 1.66. The van der Waals surface area contributed by atoms with Gasteiger partial charge in [0.25, 0.3) is 5.91 Å². The van der Waals surface area contributed by atoms with Gasteiger partial charge in [0.1, 0.15) is 5.75 Å². The standard InChI is InChI=1S/C19H18N4O2S/c1-3-23-15-7-6-13(25-2)9-12(15)10-16(23)14-11-18(22-21-14)20-19(24)17-5-4-8-26-17/h4-11H,3H2,1-2H3,(H2,20,21,22,24). The van der Waals surface area contributed by atoms with Crippen molar-refractivity contribution in [3.63, 3.8) is 0 Å². The highest BCUT2D eigenvalue weighted by Gasteiger charge is 2.14. The topological polar surface area (TPSA) is 71.9 Å². The van der Waals surface area contributed by atoms with Crippen molar-refractivity contribution in [3.05, 3.63) is 52.7 Å². The lowest BCUT2D eigenvalue weighted by Gasteiger charge is -2.06. The molecule has 3 aromatic heterocycles. The number of hydrogen-bond donors (Lipinski definition) is 2. The molecule has 2 N–H and O–H groups in total. The predicted molar refractivity (Wildman–Crippen MR) is 104 cm³/mol. The van der Waals surface area contributed by atoms with Crippen molar-refractivity contribution in [3.8, 4) is 17.1 Å². The summed E-state index contributed by atoms with van der Waals surface area (Å²) in [6, 6.07) is 13.6. The lowest BCUT2D eigenvalue weighted by molar-refractivity contribution is 0.103. The molecule has 0 aliphatic heterocycles. The number of nitrogens with zero attached hydrogens (tertiary/aromatic N) is 2. The van der Waals surface area contributed by atoms with E-state index in [2.05, 4.69) is 39.1 Å². The number of ether oxygens (including phenoxy) is 1. The van der Waals surface area contributed by atoms with E-state index in [1.54, 1.807) is 13.2 Å². The molecule has 0 saturated carbocycles. The molecule has 3 heterocycles. The second kappa shape index (κ2) is 6.68. The Kier molecular flexibility index (Phi) is 4.22. The average molecular weight is 366 g/mol. The highest BCUT2D eigenvalue weighted by Crippen LogP contribution is 2.30. The Hall–Kier alpha value is -3.06. The second-order valence-corrected chi connectivity index (χ2v) is 6.74. The minimum atomic E-state index is -0.154. The zero-order chi connectivity index (χ0) is 18.1. The third-order valence-corrected chi connectivity index (χ3v) is 5.13. The van der Waals surface area contributed by atoms with Gasteiger partial charge in [-0.25, -0.2) is 0 Å². The molecule has 0 saturated heterocycles. The number of rotatable bonds is 5. The quantitative estimate of drug-likeness (QED) is 0.551. The van der Waals surface area contributed by atoms with Crippen molar-refractivity contribution in [2.45, 2.75) is 13.5 Å². The van der Waals surface area contributed by atoms with Crippen LogP contribution in [0.25, 0.3) is 22.3 Å². The lowest BCUT2D eigenvalue weighted by atomic mass is 10.2. The summed E-state index contributed by atoms with van der Waals surface area (Å²) in [6.07, 6.45) is 0. The van der Waals surface area contributed by atoms with E-state index in [9.17, 15) is 4.79 Å². The van der Waals surface area contributed by atoms with Gasteiger partial charge in [0, 0.05) is 23.5 Å². The Bertz CT molecular complexity index is 1060. The molecule has 6 nitrogen and oxygen atoms in total. The molecule has 0 aliphatic carbocycles. The summed E-state index contributed by atoms with van der Waals surface area (Å²) in [6.45, 7) is 2.92. The molecule has 26 heavy (non-hydrogen) atoms. The molecule has 0 spiro atoms. The number of H-pyrrole nitrogens is 1. The molecule has 7 heteroatoms. The SMILES string of the molecule is CCn1c(-c2cc(NC(=O)c3cccs3)n[nH]2)cc2cc(OC)ccc21. The van der Waals surface area contributed by atoms with Crippen molar-refractivity contribution in [2.75, 3.05) is 12.4 Å². The number of carbonyl (C=O) groups is 1. The first kappa shape index (κ1) is 16.4. The normalized spacial score (nSPS) is 11.0. The second-order valence-electron chi connectivity index (χ2n) is 5.80. The minimum absolute atomic E-state index is 0.154. The van der Waals surface area contributed by atoms with Crippen LogP contribution in [0, 0.1) is 0 Å². The number of nitrogens with one attached hydrogen (secondary N) is 2. The molecule has 0 atom stereocenters. The average Bonchev–Trinajstić information content (AvgIpc) is 3.39. The molecule has 1 aromatic carbocycles. The molecule has 0 aliphatic rings. The molecule has 0 bridgehead atoms. The zero-order valence-electron chi connectivity index (χ0n) is 14.4. The molecular weight excluding hydrogens is 348 g/mol. The van der Waals surface area contributed by atoms with Crippen molar-refractivity contribution in [2.24, 2.45) is 0 Å². The van der Waals surface area contributed by atoms with Gasteiger partial charge < -0.3 is 14.6 Å². The number of benzene rings is 1. The maximum Gasteiger partial charge on any atom is 0.266 e. The van der Waals surface area contributed by atoms with Crippen molar-refractivity contribution >= 4 is 34.0 Å². The third kappa shape index (κ3) is 2.86. The largest absolute Gasteiger partial charge is 0.497 e. The smallest absolute Gasteiger partial charge is 0.266 e. The summed E-state index contributed by atoms with van der Waals surface area (Å²) in [4.78, 5) is 12.8. The van der Waals surface area contributed by atoms with E-state index in [1.807, 2.05) is 29.6 Å². The van der Waals surface area contributed by atoms with Crippen LogP contribution in [0.2, 0.25) is 0 Å². The maximum atomic E-state index is 12.2. The van der Waals surface area contributed by atoms with E-state index in [4.69, 9.17) is 4.74 Å². The van der Waals surface area contributed by atoms with Crippen LogP contribution in [0.4, 0.5) is 5.82 Å². The van der Waals surface area contributed by atoms with Gasteiger partial charge in [-0.1, -0.05) is 6.07 Å². The van der Waals surface area contributed by atoms with Gasteiger partial charge in [-0.05, 0) is 42.6 Å². The van der Waals surface area contributed by atoms with Gasteiger partial charge in [-0.2, -0.15) is 5.10 Å². The number of carbonyl (C=O) groups excluding carboxylic acids is 1. The number of thiophene rings is 1. The number of amides is 1. The van der Waals surface area contributed by atoms with Crippen LogP contribution < -0.4 is 10.1 Å². The number of aryl methyl sites for hydroxylation is 1. The van der Waals surface area contributed by atoms with E-state index in [-0.39, 0.29) is 5.91 Å². The van der Waals surface area contributed by atoms with Crippen LogP contribution in [-0.2, 0) is 6.54 Å². The molecule has 0 unspecified atom stereocenters. The number of anilines is 1. The fraction of sp³-hybridized carbons (Fsp3) is 0.158. The highest BCUT2D eigenvalue weighted by molar-refractivity contribution is 7.12. The molecule has 4 rings (SSSR count). The van der Waals surface area contributed by atoms with E-state index >= 15 is 0 Å². The van der Waals surface area contributed by atoms with Crippen LogP contribution in [0.5, 0.6) is 5.75 Å². The van der Waals surface area contributed by atoms with Gasteiger partial charge in [0.05, 0.1) is 23.4 Å². The lowest BCUT2D eigenvalue weighted by Crippen LogP contribution is -2.10. The zero-order valence-corrected chi connectivity index (χ0v) is 15.3. The fourth-order valence-corrected chi connectivity index (χ4v) is 3.66. The van der Waals surface area contributed by atoms with Crippen LogP contribution in [0.1, 0.15) is 16.6 Å². The summed E-state index contributed by atoms with van der Waals surface area (Å²) in [5.41, 5.74) is 2.99. The Morgan fingerprint density at radius 2 is 2.19 bits per heavy atom. The van der Waals surface area contributed by atoms with Gasteiger partial charge >= 0.3 is 0 Å². The molecule has 0 fully saturated rings. The monoisotopic (exact) mass is 366 g/mol. The van der Waals surface area contributed by atoms with Gasteiger partial charge in [-0.15, -0.1) is 11.3 Å². The van der Waals surface area contributed by atoms with Gasteiger partial charge in [-0.3, -0.25) is 9.89 Å². The predicted octanol–water partition coefficient (Wildman–Crippen LogP) is 4.37. The van der Waals surface area contributed by atoms with Crippen molar-refractivity contribution in [1.29, 1.82) is 0 Å². The number of fused-ring (bicyclic) bond motifs is 1. The van der Waals surface area contributed by atoms with E-state index in [0.717, 1.165) is 34.6 Å². The number of aromatic amines is 1. The molecule has 132 valence electrons. The first-order valence-corrected chi connectivity index (χ1v) is 9.15. The highest BCUT2D eigenvalue weighted by atomic mass is 32.1. The molecule has 4 aromatic rings. The van der Waals surface area contributed by atoms with Crippen LogP contribution >= 0.6 is 11.3 Å². The number of methoxy groups -OCH3 is 1. The van der Waals surface area contributed by atoms with Crippen LogP contribution in [0.15, 0.2) is 47.8 Å². The van der Waals surface area contributed by atoms with Gasteiger partial charge in [0.2, 0.25) is 0 Å². The van der Waals surface area contributed by atoms with E-state index in [1.165, 1.54) is 11.3 Å². The third-order valence-electron chi connectivity index (χ3n) is 4.27. The van der Waals surface area contributed by atoms with E-state index in [0.29, 0.717) is 10.7 Å². The van der Waals surface area contributed by atoms with E-state index < -0.39 is 0 Å². The summed E-state index contributed by atoms with van der Waals surface area (Å²) >= 11 is 1.40. The first-order valence-electron chi connectivity index (χ1n) is 8.27. The Balaban J connectivity index is 1.67. The van der Waals surface area contributed by atoms with Gasteiger partial charge in [0.15, 0.2) is 5.82 Å². The Morgan fingerprint density at radius 1 is 1.31 bits per heavy atom. The first-order chi connectivity index (χ1) is 12.7. The molecule has 1 amide bonds. The summed E-state index contributed by atoms with van der Waals surface area (Å²) in [5, 5.41) is 13.0. The van der Waals surface area contributed by atoms with Crippen molar-refractivity contribution in [1.82, 2.24) is 14.8 Å². The minimum Gasteiger partial charge on any atom is -0.497 e.